The summed E-state index contributed by atoms with van der Waals surface area (Å²) >= 11 is 5.57. The summed E-state index contributed by atoms with van der Waals surface area (Å²) < 4.78 is 5.31. The second-order valence-electron chi connectivity index (χ2n) is 3.53. The quantitative estimate of drug-likeness (QED) is 0.837. The number of aromatic amines is 1. The van der Waals surface area contributed by atoms with E-state index >= 15 is 0 Å². The Labute approximate surface area is 100 Å². The third-order valence-corrected chi connectivity index (χ3v) is 1.94. The lowest BCUT2D eigenvalue weighted by atomic mass is 10.2. The fraction of sp³-hybridized carbons (Fsp3) is 0.500. The van der Waals surface area contributed by atoms with Gasteiger partial charge in [0.25, 0.3) is 0 Å². The van der Waals surface area contributed by atoms with Crippen molar-refractivity contribution in [3.8, 4) is 5.75 Å². The van der Waals surface area contributed by atoms with Crippen molar-refractivity contribution in [3.05, 3.63) is 28.2 Å². The number of hydrogen-bond acceptors (Lipinski definition) is 2. The fourth-order valence-electron chi connectivity index (χ4n) is 0.947. The maximum absolute atomic E-state index is 11.4. The monoisotopic (exact) mass is 251 g/mol. The predicted molar refractivity (Wildman–Crippen MR) is 64.2 cm³/mol. The second kappa shape index (κ2) is 6.75. The molecule has 0 unspecified atom stereocenters. The largest absolute Gasteiger partial charge is 0.488 e. The highest BCUT2D eigenvalue weighted by Gasteiger charge is 2.02. The smallest absolute Gasteiger partial charge is 0.223 e. The van der Waals surface area contributed by atoms with Crippen LogP contribution in [-0.4, -0.2) is 11.6 Å². The van der Waals surface area contributed by atoms with Crippen LogP contribution >= 0.6 is 24.0 Å². The van der Waals surface area contributed by atoms with Crippen molar-refractivity contribution < 1.29 is 4.74 Å². The fourth-order valence-corrected chi connectivity index (χ4v) is 1.10. The number of hydrogen-bond donors (Lipinski definition) is 1. The van der Waals surface area contributed by atoms with Gasteiger partial charge in [-0.25, -0.2) is 0 Å². The van der Waals surface area contributed by atoms with Gasteiger partial charge in [-0.05, 0) is 5.92 Å². The molecule has 0 atom stereocenters. The van der Waals surface area contributed by atoms with E-state index in [4.69, 9.17) is 16.3 Å². The van der Waals surface area contributed by atoms with Gasteiger partial charge in [0.15, 0.2) is 5.75 Å². The van der Waals surface area contributed by atoms with E-state index in [0.29, 0.717) is 29.8 Å². The van der Waals surface area contributed by atoms with Gasteiger partial charge in [0.05, 0.1) is 12.5 Å². The first-order valence-electron chi connectivity index (χ1n) is 4.54. The van der Waals surface area contributed by atoms with Crippen molar-refractivity contribution in [1.82, 2.24) is 4.98 Å². The number of ether oxygens (including phenoxy) is 1. The Hall–Kier alpha value is -0.670. The average molecular weight is 252 g/mol. The molecule has 0 saturated carbocycles. The number of rotatable bonds is 4. The van der Waals surface area contributed by atoms with Gasteiger partial charge in [0, 0.05) is 18.0 Å². The third-order valence-electron chi connectivity index (χ3n) is 1.65. The molecule has 15 heavy (non-hydrogen) atoms. The van der Waals surface area contributed by atoms with Crippen molar-refractivity contribution in [2.75, 3.05) is 6.61 Å². The van der Waals surface area contributed by atoms with Crippen LogP contribution in [0.15, 0.2) is 17.1 Å². The van der Waals surface area contributed by atoms with E-state index < -0.39 is 0 Å². The van der Waals surface area contributed by atoms with Crippen LogP contribution in [0.4, 0.5) is 0 Å². The summed E-state index contributed by atoms with van der Waals surface area (Å²) in [4.78, 5) is 14.3. The molecule has 0 aliphatic carbocycles. The first kappa shape index (κ1) is 14.3. The van der Waals surface area contributed by atoms with Gasteiger partial charge in [-0.3, -0.25) is 4.79 Å². The summed E-state index contributed by atoms with van der Waals surface area (Å²) in [6, 6.07) is 1.46. The van der Waals surface area contributed by atoms with Crippen molar-refractivity contribution >= 4 is 24.0 Å². The molecule has 5 heteroatoms. The first-order valence-corrected chi connectivity index (χ1v) is 5.07. The molecule has 0 bridgehead atoms. The zero-order valence-corrected chi connectivity index (χ0v) is 10.3. The molecular formula is C10H15Cl2NO2. The Morgan fingerprint density at radius 2 is 2.20 bits per heavy atom. The van der Waals surface area contributed by atoms with Crippen molar-refractivity contribution in [3.63, 3.8) is 0 Å². The SMILES string of the molecule is CC(C)COc1c[nH]c(CCl)cc1=O.Cl. The summed E-state index contributed by atoms with van der Waals surface area (Å²) in [6.45, 7) is 4.60. The normalized spacial score (nSPS) is 9.87. The van der Waals surface area contributed by atoms with Gasteiger partial charge in [-0.15, -0.1) is 24.0 Å². The van der Waals surface area contributed by atoms with Crippen LogP contribution in [0.2, 0.25) is 0 Å². The number of halogens is 2. The Morgan fingerprint density at radius 3 is 2.67 bits per heavy atom. The van der Waals surface area contributed by atoms with Crippen molar-refractivity contribution in [1.29, 1.82) is 0 Å². The summed E-state index contributed by atoms with van der Waals surface area (Å²) in [5.41, 5.74) is 0.577. The van der Waals surface area contributed by atoms with Crippen LogP contribution in [0, 0.1) is 5.92 Å². The maximum atomic E-state index is 11.4. The molecule has 0 saturated heterocycles. The van der Waals surface area contributed by atoms with E-state index in [1.54, 1.807) is 6.20 Å². The van der Waals surface area contributed by atoms with Gasteiger partial charge in [0.1, 0.15) is 0 Å². The molecule has 1 heterocycles. The van der Waals surface area contributed by atoms with Gasteiger partial charge < -0.3 is 9.72 Å². The van der Waals surface area contributed by atoms with Crippen LogP contribution in [-0.2, 0) is 5.88 Å². The minimum atomic E-state index is -0.125. The van der Waals surface area contributed by atoms with Gasteiger partial charge >= 0.3 is 0 Å². The van der Waals surface area contributed by atoms with E-state index in [9.17, 15) is 4.79 Å². The van der Waals surface area contributed by atoms with Crippen LogP contribution in [0.3, 0.4) is 0 Å². The van der Waals surface area contributed by atoms with Gasteiger partial charge in [0.2, 0.25) is 5.43 Å². The average Bonchev–Trinajstić information content (AvgIpc) is 2.15. The van der Waals surface area contributed by atoms with E-state index in [1.807, 2.05) is 13.8 Å². The molecule has 1 N–H and O–H groups in total. The summed E-state index contributed by atoms with van der Waals surface area (Å²) in [7, 11) is 0. The minimum absolute atomic E-state index is 0. The van der Waals surface area contributed by atoms with E-state index in [2.05, 4.69) is 4.98 Å². The number of pyridine rings is 1. The molecule has 1 rings (SSSR count). The standard InChI is InChI=1S/C10H14ClNO2.ClH/c1-7(2)6-14-10-5-12-8(4-11)3-9(10)13;/h3,5,7H,4,6H2,1-2H3,(H,12,13);1H. The van der Waals surface area contributed by atoms with Gasteiger partial charge in [-0.1, -0.05) is 13.8 Å². The number of nitrogens with one attached hydrogen (secondary N) is 1. The summed E-state index contributed by atoms with van der Waals surface area (Å²) in [6.07, 6.45) is 1.56. The summed E-state index contributed by atoms with van der Waals surface area (Å²) in [5.74, 6) is 1.06. The number of alkyl halides is 1. The Morgan fingerprint density at radius 1 is 1.53 bits per heavy atom. The Balaban J connectivity index is 0.00000196. The molecule has 0 aliphatic rings. The molecule has 1 aromatic rings. The molecule has 0 amide bonds. The topological polar surface area (TPSA) is 42.1 Å². The number of aromatic nitrogens is 1. The second-order valence-corrected chi connectivity index (χ2v) is 3.79. The highest BCUT2D eigenvalue weighted by molar-refractivity contribution is 6.16. The molecule has 0 spiro atoms. The van der Waals surface area contributed by atoms with Crippen molar-refractivity contribution in [2.24, 2.45) is 5.92 Å². The van der Waals surface area contributed by atoms with Crippen LogP contribution < -0.4 is 10.2 Å². The lowest BCUT2D eigenvalue weighted by Crippen LogP contribution is -2.12. The minimum Gasteiger partial charge on any atom is -0.488 e. The van der Waals surface area contributed by atoms with Crippen molar-refractivity contribution in [2.45, 2.75) is 19.7 Å². The highest BCUT2D eigenvalue weighted by Crippen LogP contribution is 2.05. The zero-order chi connectivity index (χ0) is 10.6. The first-order chi connectivity index (χ1) is 6.63. The van der Waals surface area contributed by atoms with Crippen LogP contribution in [0.25, 0.3) is 0 Å². The lowest BCUT2D eigenvalue weighted by molar-refractivity contribution is 0.268. The molecule has 0 fully saturated rings. The van der Waals surface area contributed by atoms with Crippen LogP contribution in [0.1, 0.15) is 19.5 Å². The molecule has 0 aliphatic heterocycles. The number of H-pyrrole nitrogens is 1. The van der Waals surface area contributed by atoms with Gasteiger partial charge in [-0.2, -0.15) is 0 Å². The molecule has 86 valence electrons. The predicted octanol–water partition coefficient (Wildman–Crippen LogP) is 2.57. The maximum Gasteiger partial charge on any atom is 0.223 e. The highest BCUT2D eigenvalue weighted by atomic mass is 35.5. The third kappa shape index (κ3) is 4.58. The Kier molecular flexibility index (Phi) is 6.45. The molecule has 0 radical (unpaired) electrons. The molecule has 0 aromatic carbocycles. The van der Waals surface area contributed by atoms with E-state index in [0.717, 1.165) is 0 Å². The molecular weight excluding hydrogens is 237 g/mol. The van der Waals surface area contributed by atoms with Crippen LogP contribution in [0.5, 0.6) is 5.75 Å². The van der Waals surface area contributed by atoms with E-state index in [-0.39, 0.29) is 17.8 Å². The lowest BCUT2D eigenvalue weighted by Gasteiger charge is -2.07. The Bertz CT molecular complexity index is 350. The zero-order valence-electron chi connectivity index (χ0n) is 8.75. The van der Waals surface area contributed by atoms with E-state index in [1.165, 1.54) is 6.07 Å². The molecule has 3 nitrogen and oxygen atoms in total. The molecule has 1 aromatic heterocycles. The summed E-state index contributed by atoms with van der Waals surface area (Å²) in [5, 5.41) is 0.